The van der Waals surface area contributed by atoms with Crippen LogP contribution < -0.4 is 32.4 Å². The molecule has 1 fully saturated rings. The Kier molecular flexibility index (Phi) is 7.30. The summed E-state index contributed by atoms with van der Waals surface area (Å²) >= 11 is 0. The van der Waals surface area contributed by atoms with Gasteiger partial charge < -0.3 is 26.1 Å². The Hall–Kier alpha value is -4.34. The van der Waals surface area contributed by atoms with Crippen molar-refractivity contribution in [1.82, 2.24) is 20.6 Å². The van der Waals surface area contributed by atoms with E-state index in [1.54, 1.807) is 18.2 Å². The minimum absolute atomic E-state index is 0.0333. The predicted molar refractivity (Wildman–Crippen MR) is 130 cm³/mol. The maximum Gasteiger partial charge on any atom is 0.326 e. The van der Waals surface area contributed by atoms with Gasteiger partial charge in [-0.2, -0.15) is 0 Å². The molecule has 1 heterocycles. The van der Waals surface area contributed by atoms with Crippen molar-refractivity contribution < 1.29 is 14.3 Å². The molecule has 6 N–H and O–H groups in total. The Morgan fingerprint density at radius 2 is 1.54 bits per heavy atom. The molecule has 0 spiro atoms. The lowest BCUT2D eigenvalue weighted by Crippen LogP contribution is -2.44. The molecule has 0 bridgehead atoms. The second-order valence-electron chi connectivity index (χ2n) is 8.49. The molecule has 10 heteroatoms. The van der Waals surface area contributed by atoms with Gasteiger partial charge in [0.15, 0.2) is 0 Å². The summed E-state index contributed by atoms with van der Waals surface area (Å²) in [6.07, 6.45) is 2.60. The number of carbonyl (C=O) groups excluding carboxylic acids is 2. The van der Waals surface area contributed by atoms with Gasteiger partial charge in [0, 0.05) is 17.6 Å². The van der Waals surface area contributed by atoms with Crippen molar-refractivity contribution in [3.63, 3.8) is 0 Å². The van der Waals surface area contributed by atoms with Gasteiger partial charge in [0.05, 0.1) is 0 Å². The number of hydrogen-bond donors (Lipinski definition) is 5. The van der Waals surface area contributed by atoms with E-state index in [0.717, 1.165) is 5.56 Å². The first-order valence-electron chi connectivity index (χ1n) is 11.4. The van der Waals surface area contributed by atoms with Gasteiger partial charge in [-0.3, -0.25) is 19.4 Å². The van der Waals surface area contributed by atoms with Gasteiger partial charge in [-0.15, -0.1) is 0 Å². The van der Waals surface area contributed by atoms with Crippen molar-refractivity contribution in [3.05, 3.63) is 92.3 Å². The molecule has 1 saturated carbocycles. The maximum atomic E-state index is 12.8. The zero-order valence-electron chi connectivity index (χ0n) is 19.0. The molecule has 1 aliphatic carbocycles. The highest BCUT2D eigenvalue weighted by Crippen LogP contribution is 2.21. The van der Waals surface area contributed by atoms with E-state index in [4.69, 9.17) is 10.5 Å². The van der Waals surface area contributed by atoms with Gasteiger partial charge in [-0.1, -0.05) is 36.4 Å². The number of ether oxygens (including phenoxy) is 1. The zero-order valence-corrected chi connectivity index (χ0v) is 19.0. The summed E-state index contributed by atoms with van der Waals surface area (Å²) in [4.78, 5) is 52.5. The van der Waals surface area contributed by atoms with E-state index in [1.165, 1.54) is 0 Å². The highest BCUT2D eigenvalue weighted by molar-refractivity contribution is 5.97. The summed E-state index contributed by atoms with van der Waals surface area (Å²) in [6.45, 7) is 0.415. The number of aromatic amines is 2. The van der Waals surface area contributed by atoms with Crippen LogP contribution >= 0.6 is 0 Å². The molecular formula is C25H27N5O5. The van der Waals surface area contributed by atoms with E-state index in [-0.39, 0.29) is 29.4 Å². The molecule has 1 aliphatic rings. The standard InChI is InChI=1S/C25H27N5O5/c26-20-21(29-25(34)30-23(20)32)24(33)28-18-11-9-17(10-12-18)27-22(31)16-7-4-8-19(13-16)35-14-15-5-2-1-3-6-15/h1-8,13,17-18H,9-12,14,26H2,(H,27,31)(H,28,33)(H2,29,30,32,34). The lowest BCUT2D eigenvalue weighted by atomic mass is 9.91. The van der Waals surface area contributed by atoms with Crippen LogP contribution in [0.3, 0.4) is 0 Å². The molecule has 4 rings (SSSR count). The summed E-state index contributed by atoms with van der Waals surface area (Å²) in [5.41, 5.74) is 4.99. The maximum absolute atomic E-state index is 12.8. The molecule has 2 amide bonds. The summed E-state index contributed by atoms with van der Waals surface area (Å²) < 4.78 is 5.81. The van der Waals surface area contributed by atoms with Crippen LogP contribution in [0.15, 0.2) is 64.2 Å². The van der Waals surface area contributed by atoms with Crippen molar-refractivity contribution in [2.75, 3.05) is 5.73 Å². The van der Waals surface area contributed by atoms with Gasteiger partial charge in [0.2, 0.25) is 0 Å². The summed E-state index contributed by atoms with van der Waals surface area (Å²) in [5.74, 6) is -0.174. The number of rotatable bonds is 7. The fraction of sp³-hybridized carbons (Fsp3) is 0.280. The van der Waals surface area contributed by atoms with Gasteiger partial charge in [-0.05, 0) is 49.4 Å². The molecule has 1 aromatic heterocycles. The number of nitrogens with one attached hydrogen (secondary N) is 4. The molecule has 10 nitrogen and oxygen atoms in total. The molecule has 0 saturated heterocycles. The van der Waals surface area contributed by atoms with Crippen LogP contribution in [-0.2, 0) is 6.61 Å². The smallest absolute Gasteiger partial charge is 0.326 e. The lowest BCUT2D eigenvalue weighted by Gasteiger charge is -2.29. The second kappa shape index (κ2) is 10.7. The van der Waals surface area contributed by atoms with Crippen LogP contribution in [0.2, 0.25) is 0 Å². The van der Waals surface area contributed by atoms with Crippen LogP contribution in [-0.4, -0.2) is 33.9 Å². The van der Waals surface area contributed by atoms with E-state index in [9.17, 15) is 19.2 Å². The van der Waals surface area contributed by atoms with Gasteiger partial charge in [0.25, 0.3) is 17.4 Å². The monoisotopic (exact) mass is 477 g/mol. The Morgan fingerprint density at radius 3 is 2.23 bits per heavy atom. The van der Waals surface area contributed by atoms with Crippen molar-refractivity contribution in [2.45, 2.75) is 44.4 Å². The molecule has 0 unspecified atom stereocenters. The lowest BCUT2D eigenvalue weighted by molar-refractivity contribution is 0.0889. The number of H-pyrrole nitrogens is 2. The fourth-order valence-corrected chi connectivity index (χ4v) is 4.05. The van der Waals surface area contributed by atoms with Gasteiger partial charge in [0.1, 0.15) is 23.7 Å². The van der Waals surface area contributed by atoms with Crippen LogP contribution in [0.1, 0.15) is 52.1 Å². The summed E-state index contributed by atoms with van der Waals surface area (Å²) in [7, 11) is 0. The quantitative estimate of drug-likeness (QED) is 0.348. The Bertz CT molecular complexity index is 1310. The van der Waals surface area contributed by atoms with Gasteiger partial charge in [-0.25, -0.2) is 4.79 Å². The topological polar surface area (TPSA) is 159 Å². The largest absolute Gasteiger partial charge is 0.489 e. The van der Waals surface area contributed by atoms with E-state index in [0.29, 0.717) is 43.6 Å². The van der Waals surface area contributed by atoms with Crippen molar-refractivity contribution in [2.24, 2.45) is 0 Å². The number of hydrogen-bond acceptors (Lipinski definition) is 6. The van der Waals surface area contributed by atoms with E-state index in [2.05, 4.69) is 15.6 Å². The van der Waals surface area contributed by atoms with Crippen LogP contribution in [0.25, 0.3) is 0 Å². The number of aromatic nitrogens is 2. The van der Waals surface area contributed by atoms with Crippen LogP contribution in [0.4, 0.5) is 5.69 Å². The molecule has 35 heavy (non-hydrogen) atoms. The Morgan fingerprint density at radius 1 is 0.886 bits per heavy atom. The third-order valence-electron chi connectivity index (χ3n) is 5.95. The Labute approximate surface area is 200 Å². The molecular weight excluding hydrogens is 450 g/mol. The Balaban J connectivity index is 1.27. The number of nitrogens with two attached hydrogens (primary N) is 1. The number of anilines is 1. The van der Waals surface area contributed by atoms with Gasteiger partial charge >= 0.3 is 5.69 Å². The first-order valence-corrected chi connectivity index (χ1v) is 11.4. The number of amides is 2. The van der Waals surface area contributed by atoms with Crippen molar-refractivity contribution in [1.29, 1.82) is 0 Å². The van der Waals surface area contributed by atoms with Crippen molar-refractivity contribution >= 4 is 17.5 Å². The first kappa shape index (κ1) is 23.8. The number of benzene rings is 2. The third kappa shape index (κ3) is 6.17. The van der Waals surface area contributed by atoms with E-state index < -0.39 is 17.2 Å². The second-order valence-corrected chi connectivity index (χ2v) is 8.49. The molecule has 0 atom stereocenters. The first-order chi connectivity index (χ1) is 16.9. The average Bonchev–Trinajstić information content (AvgIpc) is 2.87. The van der Waals surface area contributed by atoms with E-state index in [1.807, 2.05) is 41.4 Å². The highest BCUT2D eigenvalue weighted by atomic mass is 16.5. The SMILES string of the molecule is Nc1c(C(=O)NC2CCC(NC(=O)c3cccc(OCc4ccccc4)c3)CC2)[nH]c(=O)[nH]c1=O. The highest BCUT2D eigenvalue weighted by Gasteiger charge is 2.25. The molecule has 182 valence electrons. The predicted octanol–water partition coefficient (Wildman–Crippen LogP) is 1.70. The fourth-order valence-electron chi connectivity index (χ4n) is 4.05. The molecule has 0 radical (unpaired) electrons. The van der Waals surface area contributed by atoms with Crippen molar-refractivity contribution in [3.8, 4) is 5.75 Å². The van der Waals surface area contributed by atoms with Crippen LogP contribution in [0.5, 0.6) is 5.75 Å². The normalized spacial score (nSPS) is 17.4. The molecule has 3 aromatic rings. The van der Waals surface area contributed by atoms with Crippen LogP contribution in [0, 0.1) is 0 Å². The number of carbonyl (C=O) groups is 2. The third-order valence-corrected chi connectivity index (χ3v) is 5.95. The summed E-state index contributed by atoms with van der Waals surface area (Å²) in [6, 6.07) is 16.6. The zero-order chi connectivity index (χ0) is 24.8. The van der Waals surface area contributed by atoms with E-state index >= 15 is 0 Å². The molecule has 0 aliphatic heterocycles. The minimum Gasteiger partial charge on any atom is -0.489 e. The minimum atomic E-state index is -0.806. The average molecular weight is 478 g/mol. The molecule has 2 aromatic carbocycles. The number of nitrogen functional groups attached to an aromatic ring is 1. The summed E-state index contributed by atoms with van der Waals surface area (Å²) in [5, 5.41) is 5.85.